The lowest BCUT2D eigenvalue weighted by molar-refractivity contribution is 0.0283. The summed E-state index contributed by atoms with van der Waals surface area (Å²) >= 11 is 3.69. The summed E-state index contributed by atoms with van der Waals surface area (Å²) in [4.78, 5) is 0. The van der Waals surface area contributed by atoms with E-state index in [-0.39, 0.29) is 12.1 Å². The molecular formula is C15H26BrN3O. The van der Waals surface area contributed by atoms with Crippen LogP contribution in [0.1, 0.15) is 45.0 Å². The number of aromatic nitrogens is 2. The molecule has 5 heteroatoms. The largest absolute Gasteiger partial charge is 0.377 e. The average molecular weight is 344 g/mol. The van der Waals surface area contributed by atoms with E-state index < -0.39 is 0 Å². The number of hydrogen-bond donors (Lipinski definition) is 1. The summed E-state index contributed by atoms with van der Waals surface area (Å²) in [7, 11) is 0. The number of aryl methyl sites for hydroxylation is 2. The Bertz CT molecular complexity index is 443. The van der Waals surface area contributed by atoms with Gasteiger partial charge in [-0.1, -0.05) is 6.92 Å². The molecule has 4 nitrogen and oxygen atoms in total. The van der Waals surface area contributed by atoms with Gasteiger partial charge in [0.15, 0.2) is 0 Å². The first-order valence-electron chi connectivity index (χ1n) is 7.73. The summed E-state index contributed by atoms with van der Waals surface area (Å²) in [6.45, 7) is 7.91. The van der Waals surface area contributed by atoms with Gasteiger partial charge in [-0.3, -0.25) is 4.68 Å². The van der Waals surface area contributed by atoms with Crippen LogP contribution in [0.25, 0.3) is 0 Å². The number of nitrogens with zero attached hydrogens (tertiary/aromatic N) is 2. The second-order valence-corrected chi connectivity index (χ2v) is 6.30. The van der Waals surface area contributed by atoms with Crippen LogP contribution in [-0.4, -0.2) is 28.5 Å². The van der Waals surface area contributed by atoms with Crippen LogP contribution in [0.4, 0.5) is 0 Å². The van der Waals surface area contributed by atoms with Crippen LogP contribution in [0.15, 0.2) is 4.47 Å². The molecule has 1 fully saturated rings. The van der Waals surface area contributed by atoms with Crippen molar-refractivity contribution in [3.05, 3.63) is 15.9 Å². The molecule has 2 rings (SSSR count). The highest BCUT2D eigenvalue weighted by Gasteiger charge is 2.36. The minimum absolute atomic E-state index is 0.0467. The molecule has 2 atom stereocenters. The van der Waals surface area contributed by atoms with Crippen molar-refractivity contribution in [3.63, 3.8) is 0 Å². The molecule has 20 heavy (non-hydrogen) atoms. The van der Waals surface area contributed by atoms with Gasteiger partial charge in [0.05, 0.1) is 22.0 Å². The van der Waals surface area contributed by atoms with Gasteiger partial charge in [0, 0.05) is 25.6 Å². The third-order valence-corrected chi connectivity index (χ3v) is 4.91. The molecular weight excluding hydrogens is 318 g/mol. The average Bonchev–Trinajstić information content (AvgIpc) is 3.23. The van der Waals surface area contributed by atoms with Crippen molar-refractivity contribution in [3.8, 4) is 0 Å². The summed E-state index contributed by atoms with van der Waals surface area (Å²) in [5.41, 5.74) is 8.76. The van der Waals surface area contributed by atoms with E-state index in [2.05, 4.69) is 39.6 Å². The van der Waals surface area contributed by atoms with Crippen LogP contribution < -0.4 is 5.73 Å². The quantitative estimate of drug-likeness (QED) is 0.789. The number of rotatable bonds is 8. The highest BCUT2D eigenvalue weighted by molar-refractivity contribution is 9.10. The second kappa shape index (κ2) is 7.05. The maximum absolute atomic E-state index is 6.43. The van der Waals surface area contributed by atoms with Gasteiger partial charge < -0.3 is 10.5 Å². The molecule has 1 heterocycles. The molecule has 0 aliphatic heterocycles. The number of halogens is 1. The van der Waals surface area contributed by atoms with Crippen molar-refractivity contribution in [2.75, 3.05) is 6.61 Å². The van der Waals surface area contributed by atoms with E-state index in [0.717, 1.165) is 36.2 Å². The fourth-order valence-corrected chi connectivity index (χ4v) is 3.50. The van der Waals surface area contributed by atoms with Gasteiger partial charge in [-0.15, -0.1) is 0 Å². The minimum atomic E-state index is 0.0467. The van der Waals surface area contributed by atoms with E-state index in [1.807, 2.05) is 6.92 Å². The van der Waals surface area contributed by atoms with E-state index >= 15 is 0 Å². The number of nitrogens with two attached hydrogens (primary N) is 1. The Morgan fingerprint density at radius 3 is 2.60 bits per heavy atom. The van der Waals surface area contributed by atoms with Crippen molar-refractivity contribution in [2.45, 2.75) is 65.1 Å². The van der Waals surface area contributed by atoms with Crippen LogP contribution in [0.5, 0.6) is 0 Å². The Morgan fingerprint density at radius 2 is 2.10 bits per heavy atom. The Labute approximate surface area is 130 Å². The number of hydrogen-bond acceptors (Lipinski definition) is 3. The Balaban J connectivity index is 2.13. The van der Waals surface area contributed by atoms with Crippen LogP contribution in [0.3, 0.4) is 0 Å². The maximum Gasteiger partial charge on any atom is 0.0766 e. The van der Waals surface area contributed by atoms with Crippen LogP contribution in [0, 0.1) is 5.92 Å². The Hall–Kier alpha value is -0.390. The van der Waals surface area contributed by atoms with Gasteiger partial charge >= 0.3 is 0 Å². The van der Waals surface area contributed by atoms with E-state index in [4.69, 9.17) is 10.5 Å². The lowest BCUT2D eigenvalue weighted by atomic mass is 10.0. The first-order valence-corrected chi connectivity index (χ1v) is 8.52. The molecule has 2 N–H and O–H groups in total. The summed E-state index contributed by atoms with van der Waals surface area (Å²) in [6.07, 6.45) is 4.47. The zero-order valence-electron chi connectivity index (χ0n) is 12.7. The molecule has 1 aromatic rings. The molecule has 0 bridgehead atoms. The van der Waals surface area contributed by atoms with Crippen LogP contribution >= 0.6 is 15.9 Å². The highest BCUT2D eigenvalue weighted by Crippen LogP contribution is 2.36. The van der Waals surface area contributed by atoms with E-state index in [1.54, 1.807) is 0 Å². The second-order valence-electron chi connectivity index (χ2n) is 5.50. The van der Waals surface area contributed by atoms with E-state index in [0.29, 0.717) is 5.92 Å². The van der Waals surface area contributed by atoms with Crippen molar-refractivity contribution < 1.29 is 4.74 Å². The zero-order chi connectivity index (χ0) is 14.7. The van der Waals surface area contributed by atoms with Gasteiger partial charge in [0.25, 0.3) is 0 Å². The molecule has 0 aromatic carbocycles. The van der Waals surface area contributed by atoms with E-state index in [1.165, 1.54) is 18.5 Å². The fourth-order valence-electron chi connectivity index (χ4n) is 2.78. The molecule has 1 saturated carbocycles. The topological polar surface area (TPSA) is 53.1 Å². The zero-order valence-corrected chi connectivity index (χ0v) is 14.3. The normalized spacial score (nSPS) is 18.2. The summed E-state index contributed by atoms with van der Waals surface area (Å²) in [5, 5.41) is 4.64. The molecule has 0 amide bonds. The third-order valence-electron chi connectivity index (χ3n) is 3.99. The summed E-state index contributed by atoms with van der Waals surface area (Å²) in [6, 6.07) is 0.0467. The van der Waals surface area contributed by atoms with Gasteiger partial charge in [0.1, 0.15) is 0 Å². The van der Waals surface area contributed by atoms with Gasteiger partial charge in [0.2, 0.25) is 0 Å². The number of ether oxygens (including phenoxy) is 1. The smallest absolute Gasteiger partial charge is 0.0766 e. The lowest BCUT2D eigenvalue weighted by Gasteiger charge is -2.24. The van der Waals surface area contributed by atoms with Crippen molar-refractivity contribution in [1.29, 1.82) is 0 Å². The molecule has 1 aliphatic rings. The van der Waals surface area contributed by atoms with E-state index in [9.17, 15) is 0 Å². The molecule has 114 valence electrons. The van der Waals surface area contributed by atoms with Gasteiger partial charge in [-0.2, -0.15) is 5.10 Å². The van der Waals surface area contributed by atoms with Crippen LogP contribution in [-0.2, 0) is 24.1 Å². The Morgan fingerprint density at radius 1 is 1.40 bits per heavy atom. The molecule has 0 spiro atoms. The fraction of sp³-hybridized carbons (Fsp3) is 0.800. The first kappa shape index (κ1) is 16.0. The monoisotopic (exact) mass is 343 g/mol. The lowest BCUT2D eigenvalue weighted by Crippen LogP contribution is -2.40. The molecule has 0 radical (unpaired) electrons. The van der Waals surface area contributed by atoms with Crippen molar-refractivity contribution in [1.82, 2.24) is 9.78 Å². The van der Waals surface area contributed by atoms with Gasteiger partial charge in [-0.25, -0.2) is 0 Å². The molecule has 1 aromatic heterocycles. The molecule has 0 saturated heterocycles. The Kier molecular flexibility index (Phi) is 5.64. The van der Waals surface area contributed by atoms with Gasteiger partial charge in [-0.05, 0) is 55.0 Å². The maximum atomic E-state index is 6.43. The SMILES string of the molecule is CCOC(C(N)Cc1c(Br)c(CC)nn1CC)C1CC1. The molecule has 2 unspecified atom stereocenters. The van der Waals surface area contributed by atoms with Crippen LogP contribution in [0.2, 0.25) is 0 Å². The predicted molar refractivity (Wildman–Crippen MR) is 84.8 cm³/mol. The third kappa shape index (κ3) is 3.43. The van der Waals surface area contributed by atoms with Crippen molar-refractivity contribution >= 4 is 15.9 Å². The standard InChI is InChI=1S/C15H26BrN3O/c1-4-12-14(16)13(19(5-2)18-12)9-11(17)15(20-6-3)10-7-8-10/h10-11,15H,4-9,17H2,1-3H3. The highest BCUT2D eigenvalue weighted by atomic mass is 79.9. The summed E-state index contributed by atoms with van der Waals surface area (Å²) in [5.74, 6) is 0.660. The first-order chi connectivity index (χ1) is 9.62. The minimum Gasteiger partial charge on any atom is -0.377 e. The summed E-state index contributed by atoms with van der Waals surface area (Å²) < 4.78 is 9.07. The predicted octanol–water partition coefficient (Wildman–Crippen LogP) is 2.91. The van der Waals surface area contributed by atoms with Crippen molar-refractivity contribution in [2.24, 2.45) is 11.7 Å². The molecule has 1 aliphatic carbocycles.